The van der Waals surface area contributed by atoms with Crippen LogP contribution >= 0.6 is 33.9 Å². The number of esters is 1. The Labute approximate surface area is 100 Å². The number of alkyl halides is 1. The maximum atomic E-state index is 11.3. The molecule has 0 saturated heterocycles. The molecule has 0 spiro atoms. The molecule has 3 nitrogen and oxygen atoms in total. The summed E-state index contributed by atoms with van der Waals surface area (Å²) in [5, 5.41) is 8.48. The molecule has 0 radical (unpaired) electrons. The van der Waals surface area contributed by atoms with Crippen molar-refractivity contribution in [2.75, 3.05) is 17.6 Å². The van der Waals surface area contributed by atoms with Crippen molar-refractivity contribution in [2.45, 2.75) is 6.42 Å². The van der Waals surface area contributed by atoms with Gasteiger partial charge < -0.3 is 9.84 Å². The molecule has 1 aromatic heterocycles. The largest absolute Gasteiger partial charge is 0.459 e. The number of aliphatic hydroxyl groups is 1. The van der Waals surface area contributed by atoms with E-state index in [0.717, 1.165) is 10.8 Å². The minimum Gasteiger partial charge on any atom is -0.459 e. The highest BCUT2D eigenvalue weighted by molar-refractivity contribution is 14.1. The minimum atomic E-state index is -0.344. The molecule has 0 fully saturated rings. The molecule has 0 aliphatic rings. The molecule has 0 amide bonds. The van der Waals surface area contributed by atoms with Gasteiger partial charge in [0.15, 0.2) is 0 Å². The fourth-order valence-electron chi connectivity index (χ4n) is 0.925. The Hall–Kier alpha value is -0.140. The lowest BCUT2D eigenvalue weighted by atomic mass is 10.4. The quantitative estimate of drug-likeness (QED) is 0.511. The maximum Gasteiger partial charge on any atom is 0.348 e. The van der Waals surface area contributed by atoms with E-state index in [4.69, 9.17) is 9.84 Å². The Morgan fingerprint density at radius 1 is 1.57 bits per heavy atom. The number of ether oxygens (including phenoxy) is 1. The molecule has 0 bridgehead atoms. The fraction of sp³-hybridized carbons (Fsp3) is 0.444. The van der Waals surface area contributed by atoms with Gasteiger partial charge in [-0.25, -0.2) is 4.79 Å². The summed E-state index contributed by atoms with van der Waals surface area (Å²) in [5.41, 5.74) is 0. The van der Waals surface area contributed by atoms with Crippen LogP contribution in [0.15, 0.2) is 12.1 Å². The molecular formula is C9H11IO3S. The Kier molecular flexibility index (Phi) is 5.42. The molecule has 0 atom stereocenters. The minimum absolute atomic E-state index is 0.0678. The van der Waals surface area contributed by atoms with E-state index in [9.17, 15) is 4.79 Å². The van der Waals surface area contributed by atoms with Gasteiger partial charge in [-0.2, -0.15) is 0 Å². The zero-order chi connectivity index (χ0) is 10.4. The predicted octanol–water partition coefficient (Wildman–Crippen LogP) is 1.87. The molecule has 5 heteroatoms. The number of halogens is 1. The number of rotatable bonds is 5. The van der Waals surface area contributed by atoms with Gasteiger partial charge in [-0.05, 0) is 18.6 Å². The van der Waals surface area contributed by atoms with Gasteiger partial charge in [0.05, 0.1) is 6.61 Å². The molecule has 1 N–H and O–H groups in total. The molecule has 1 heterocycles. The van der Waals surface area contributed by atoms with E-state index in [0.29, 0.717) is 4.88 Å². The number of aliphatic hydroxyl groups excluding tert-OH is 1. The van der Waals surface area contributed by atoms with Crippen molar-refractivity contribution in [3.05, 3.63) is 21.9 Å². The molecule has 14 heavy (non-hydrogen) atoms. The molecule has 78 valence electrons. The lowest BCUT2D eigenvalue weighted by molar-refractivity contribution is 0.0439. The van der Waals surface area contributed by atoms with E-state index in [1.54, 1.807) is 6.07 Å². The summed E-state index contributed by atoms with van der Waals surface area (Å²) in [7, 11) is 0. The van der Waals surface area contributed by atoms with Gasteiger partial charge in [0, 0.05) is 9.30 Å². The van der Waals surface area contributed by atoms with Crippen LogP contribution in [-0.4, -0.2) is 28.7 Å². The van der Waals surface area contributed by atoms with Gasteiger partial charge in [-0.3, -0.25) is 0 Å². The summed E-state index contributed by atoms with van der Waals surface area (Å²) in [6.07, 6.45) is 0.985. The first-order valence-electron chi connectivity index (χ1n) is 4.20. The molecular weight excluding hydrogens is 315 g/mol. The third kappa shape index (κ3) is 3.55. The van der Waals surface area contributed by atoms with Crippen molar-refractivity contribution in [3.8, 4) is 0 Å². The topological polar surface area (TPSA) is 46.5 Å². The molecule has 0 aliphatic heterocycles. The fourth-order valence-corrected chi connectivity index (χ4v) is 2.77. The molecule has 0 aromatic carbocycles. The second-order valence-corrected chi connectivity index (χ2v) is 4.81. The summed E-state index contributed by atoms with van der Waals surface area (Å²) in [4.78, 5) is 13.1. The molecule has 0 saturated carbocycles. The van der Waals surface area contributed by atoms with Crippen molar-refractivity contribution in [1.29, 1.82) is 0 Å². The van der Waals surface area contributed by atoms with Crippen molar-refractivity contribution in [3.63, 3.8) is 0 Å². The van der Waals surface area contributed by atoms with Crippen molar-refractivity contribution < 1.29 is 14.6 Å². The smallest absolute Gasteiger partial charge is 0.348 e. The van der Waals surface area contributed by atoms with Crippen LogP contribution in [0.1, 0.15) is 14.5 Å². The average Bonchev–Trinajstić information content (AvgIpc) is 2.63. The average molecular weight is 326 g/mol. The normalized spacial score (nSPS) is 10.1. The zero-order valence-electron chi connectivity index (χ0n) is 7.53. The second kappa shape index (κ2) is 6.36. The van der Waals surface area contributed by atoms with Crippen molar-refractivity contribution in [1.82, 2.24) is 0 Å². The Morgan fingerprint density at radius 3 is 3.00 bits per heavy atom. The summed E-state index contributed by atoms with van der Waals surface area (Å²) in [6.45, 7) is -0.0595. The van der Waals surface area contributed by atoms with E-state index in [-0.39, 0.29) is 19.2 Å². The van der Waals surface area contributed by atoms with Crippen LogP contribution in [0.3, 0.4) is 0 Å². The SMILES string of the molecule is O=C(OCCO)c1ccc(CCI)s1. The lowest BCUT2D eigenvalue weighted by Gasteiger charge is -1.98. The van der Waals surface area contributed by atoms with Gasteiger partial charge >= 0.3 is 5.97 Å². The Bertz CT molecular complexity index is 298. The van der Waals surface area contributed by atoms with E-state index in [1.807, 2.05) is 6.07 Å². The van der Waals surface area contributed by atoms with Crippen LogP contribution in [0.4, 0.5) is 0 Å². The van der Waals surface area contributed by atoms with Gasteiger partial charge in [0.2, 0.25) is 0 Å². The molecule has 0 aliphatic carbocycles. The first-order valence-corrected chi connectivity index (χ1v) is 6.54. The number of carbonyl (C=O) groups excluding carboxylic acids is 1. The van der Waals surface area contributed by atoms with Gasteiger partial charge in [0.25, 0.3) is 0 Å². The van der Waals surface area contributed by atoms with E-state index in [2.05, 4.69) is 22.6 Å². The van der Waals surface area contributed by atoms with Crippen LogP contribution < -0.4 is 0 Å². The Morgan fingerprint density at radius 2 is 2.36 bits per heavy atom. The molecule has 0 unspecified atom stereocenters. The summed E-state index contributed by atoms with van der Waals surface area (Å²) in [6, 6.07) is 3.71. The highest BCUT2D eigenvalue weighted by Gasteiger charge is 2.09. The van der Waals surface area contributed by atoms with Crippen molar-refractivity contribution >= 4 is 39.9 Å². The van der Waals surface area contributed by atoms with Crippen LogP contribution in [0.2, 0.25) is 0 Å². The third-order valence-electron chi connectivity index (χ3n) is 1.53. The molecule has 1 aromatic rings. The second-order valence-electron chi connectivity index (χ2n) is 2.56. The Balaban J connectivity index is 2.53. The highest BCUT2D eigenvalue weighted by atomic mass is 127. The number of hydrogen-bond donors (Lipinski definition) is 1. The zero-order valence-corrected chi connectivity index (χ0v) is 10.5. The predicted molar refractivity (Wildman–Crippen MR) is 64.3 cm³/mol. The van der Waals surface area contributed by atoms with E-state index in [1.165, 1.54) is 16.2 Å². The van der Waals surface area contributed by atoms with E-state index >= 15 is 0 Å². The summed E-state index contributed by atoms with van der Waals surface area (Å²) >= 11 is 3.75. The van der Waals surface area contributed by atoms with Gasteiger partial charge in [-0.15, -0.1) is 11.3 Å². The molecule has 1 rings (SSSR count). The summed E-state index contributed by atoms with van der Waals surface area (Å²) < 4.78 is 5.83. The third-order valence-corrected chi connectivity index (χ3v) is 3.19. The maximum absolute atomic E-state index is 11.3. The van der Waals surface area contributed by atoms with Gasteiger partial charge in [-0.1, -0.05) is 22.6 Å². The van der Waals surface area contributed by atoms with Crippen molar-refractivity contribution in [2.24, 2.45) is 0 Å². The standard InChI is InChI=1S/C9H11IO3S/c10-4-3-7-1-2-8(14-7)9(12)13-6-5-11/h1-2,11H,3-6H2. The van der Waals surface area contributed by atoms with E-state index < -0.39 is 0 Å². The van der Waals surface area contributed by atoms with Crippen LogP contribution in [0.25, 0.3) is 0 Å². The van der Waals surface area contributed by atoms with Gasteiger partial charge in [0.1, 0.15) is 11.5 Å². The number of thiophene rings is 1. The lowest BCUT2D eigenvalue weighted by Crippen LogP contribution is -2.06. The first-order chi connectivity index (χ1) is 6.77. The monoisotopic (exact) mass is 326 g/mol. The van der Waals surface area contributed by atoms with Crippen LogP contribution in [-0.2, 0) is 11.2 Å². The number of carbonyl (C=O) groups is 1. The van der Waals surface area contributed by atoms with Crippen LogP contribution in [0.5, 0.6) is 0 Å². The summed E-state index contributed by atoms with van der Waals surface area (Å²) in [5.74, 6) is -0.344. The highest BCUT2D eigenvalue weighted by Crippen LogP contribution is 2.18. The first kappa shape index (κ1) is 11.9. The van der Waals surface area contributed by atoms with Crippen LogP contribution in [0, 0.1) is 0 Å². The number of hydrogen-bond acceptors (Lipinski definition) is 4. The number of aryl methyl sites for hydroxylation is 1.